The van der Waals surface area contributed by atoms with Gasteiger partial charge in [-0.1, -0.05) is 30.3 Å². The van der Waals surface area contributed by atoms with Crippen molar-refractivity contribution in [2.45, 2.75) is 32.7 Å². The molecule has 7 heteroatoms. The Hall–Kier alpha value is -4.46. The van der Waals surface area contributed by atoms with Crippen molar-refractivity contribution in [3.63, 3.8) is 0 Å². The number of nitrogens with zero attached hydrogens (tertiary/aromatic N) is 2. The third-order valence-corrected chi connectivity index (χ3v) is 9.98. The predicted molar refractivity (Wildman–Crippen MR) is 175 cm³/mol. The van der Waals surface area contributed by atoms with Gasteiger partial charge >= 0.3 is 0 Å². The van der Waals surface area contributed by atoms with Crippen molar-refractivity contribution < 1.29 is 19.4 Å². The van der Waals surface area contributed by atoms with E-state index in [1.807, 2.05) is 24.3 Å². The summed E-state index contributed by atoms with van der Waals surface area (Å²) in [5.74, 6) is 0.393. The van der Waals surface area contributed by atoms with E-state index < -0.39 is 0 Å². The topological polar surface area (TPSA) is 70.1 Å². The van der Waals surface area contributed by atoms with Crippen LogP contribution in [0.5, 0.6) is 11.5 Å². The Morgan fingerprint density at radius 1 is 0.864 bits per heavy atom. The second-order valence-corrected chi connectivity index (χ2v) is 12.7. The first-order chi connectivity index (χ1) is 21.4. The SMILES string of the molecule is Cc1cc(Cc2c(-c3ccc(OCCN4C(=O)c5ccccc5C4=O)cc3)sc3cc(O)ccc23)ccc1CN1CCCC1. The lowest BCUT2D eigenvalue weighted by Gasteiger charge is -2.17. The fourth-order valence-corrected chi connectivity index (χ4v) is 7.64. The highest BCUT2D eigenvalue weighted by Gasteiger charge is 2.34. The number of aromatic hydroxyl groups is 1. The van der Waals surface area contributed by atoms with Gasteiger partial charge in [-0.3, -0.25) is 19.4 Å². The summed E-state index contributed by atoms with van der Waals surface area (Å²) < 4.78 is 7.00. The predicted octanol–water partition coefficient (Wildman–Crippen LogP) is 7.44. The molecule has 3 heterocycles. The number of fused-ring (bicyclic) bond motifs is 2. The average molecular weight is 603 g/mol. The van der Waals surface area contributed by atoms with E-state index in [1.165, 1.54) is 58.0 Å². The Balaban J connectivity index is 1.08. The summed E-state index contributed by atoms with van der Waals surface area (Å²) in [7, 11) is 0. The fraction of sp³-hybridized carbons (Fsp3) is 0.243. The smallest absolute Gasteiger partial charge is 0.261 e. The molecule has 1 fully saturated rings. The van der Waals surface area contributed by atoms with Crippen LogP contribution in [0.3, 0.4) is 0 Å². The summed E-state index contributed by atoms with van der Waals surface area (Å²) in [6.07, 6.45) is 3.39. The molecule has 0 spiro atoms. The first kappa shape index (κ1) is 28.3. The number of imide groups is 1. The van der Waals surface area contributed by atoms with Gasteiger partial charge in [0.1, 0.15) is 18.1 Å². The Labute approximate surface area is 261 Å². The van der Waals surface area contributed by atoms with Gasteiger partial charge in [0, 0.05) is 16.1 Å². The minimum atomic E-state index is -0.274. The number of phenolic OH excluding ortho intramolecular Hbond substituents is 1. The van der Waals surface area contributed by atoms with Crippen LogP contribution in [0.1, 0.15) is 55.8 Å². The zero-order valence-electron chi connectivity index (χ0n) is 24.7. The average Bonchev–Trinajstić information content (AvgIpc) is 3.73. The molecule has 0 bridgehead atoms. The molecule has 2 aliphatic heterocycles. The summed E-state index contributed by atoms with van der Waals surface area (Å²) in [6.45, 7) is 6.01. The molecule has 1 saturated heterocycles. The van der Waals surface area contributed by atoms with E-state index >= 15 is 0 Å². The van der Waals surface area contributed by atoms with Gasteiger partial charge in [-0.15, -0.1) is 11.3 Å². The van der Waals surface area contributed by atoms with Crippen molar-refractivity contribution in [2.75, 3.05) is 26.2 Å². The van der Waals surface area contributed by atoms with Crippen LogP contribution in [-0.2, 0) is 13.0 Å². The molecule has 1 aromatic heterocycles. The van der Waals surface area contributed by atoms with Gasteiger partial charge in [-0.05, 0) is 127 Å². The number of rotatable bonds is 9. The maximum Gasteiger partial charge on any atom is 0.261 e. The molecule has 7 rings (SSSR count). The minimum Gasteiger partial charge on any atom is -0.508 e. The Morgan fingerprint density at radius 2 is 1.59 bits per heavy atom. The van der Waals surface area contributed by atoms with Gasteiger partial charge < -0.3 is 9.84 Å². The number of phenols is 1. The molecule has 0 radical (unpaired) electrons. The molecule has 0 unspecified atom stereocenters. The molecule has 2 amide bonds. The van der Waals surface area contributed by atoms with E-state index in [9.17, 15) is 14.7 Å². The number of carbonyl (C=O) groups excluding carboxylic acids is 2. The minimum absolute atomic E-state index is 0.189. The number of benzene rings is 4. The Bertz CT molecular complexity index is 1840. The van der Waals surface area contributed by atoms with Crippen molar-refractivity contribution in [3.05, 3.63) is 118 Å². The summed E-state index contributed by atoms with van der Waals surface area (Å²) in [6, 6.07) is 27.4. The number of aryl methyl sites for hydroxylation is 1. The van der Waals surface area contributed by atoms with Crippen LogP contribution >= 0.6 is 11.3 Å². The zero-order valence-corrected chi connectivity index (χ0v) is 25.5. The maximum absolute atomic E-state index is 12.6. The van der Waals surface area contributed by atoms with Gasteiger partial charge in [0.05, 0.1) is 17.7 Å². The highest BCUT2D eigenvalue weighted by atomic mass is 32.1. The molecule has 1 N–H and O–H groups in total. The lowest BCUT2D eigenvalue weighted by Crippen LogP contribution is -2.33. The van der Waals surface area contributed by atoms with E-state index in [2.05, 4.69) is 42.2 Å². The molecule has 0 aliphatic carbocycles. The Morgan fingerprint density at radius 3 is 2.30 bits per heavy atom. The highest BCUT2D eigenvalue weighted by molar-refractivity contribution is 7.22. The van der Waals surface area contributed by atoms with Crippen molar-refractivity contribution in [2.24, 2.45) is 0 Å². The zero-order chi connectivity index (χ0) is 30.2. The van der Waals surface area contributed by atoms with Crippen LogP contribution < -0.4 is 4.74 Å². The van der Waals surface area contributed by atoms with Crippen LogP contribution in [0, 0.1) is 6.92 Å². The van der Waals surface area contributed by atoms with Gasteiger partial charge in [0.2, 0.25) is 0 Å². The number of hydrogen-bond acceptors (Lipinski definition) is 6. The van der Waals surface area contributed by atoms with Gasteiger partial charge in [0.15, 0.2) is 0 Å². The molecule has 0 saturated carbocycles. The largest absolute Gasteiger partial charge is 0.508 e. The molecule has 4 aromatic carbocycles. The fourth-order valence-electron chi connectivity index (χ4n) is 6.38. The first-order valence-corrected chi connectivity index (χ1v) is 16.0. The normalized spacial score (nSPS) is 15.0. The number of amides is 2. The van der Waals surface area contributed by atoms with E-state index in [0.717, 1.165) is 28.6 Å². The van der Waals surface area contributed by atoms with Crippen LogP contribution in [0.2, 0.25) is 0 Å². The number of likely N-dealkylation sites (tertiary alicyclic amines) is 1. The Kier molecular flexibility index (Phi) is 7.66. The molecule has 44 heavy (non-hydrogen) atoms. The molecular formula is C37H34N2O4S. The number of thiophene rings is 1. The lowest BCUT2D eigenvalue weighted by atomic mass is 9.96. The van der Waals surface area contributed by atoms with Crippen molar-refractivity contribution in [1.82, 2.24) is 9.80 Å². The maximum atomic E-state index is 12.6. The van der Waals surface area contributed by atoms with Crippen LogP contribution in [-0.4, -0.2) is 53.0 Å². The molecule has 5 aromatic rings. The van der Waals surface area contributed by atoms with Crippen molar-refractivity contribution in [1.29, 1.82) is 0 Å². The third-order valence-electron chi connectivity index (χ3n) is 8.74. The number of carbonyl (C=O) groups is 2. The van der Waals surface area contributed by atoms with E-state index in [1.54, 1.807) is 41.7 Å². The van der Waals surface area contributed by atoms with E-state index in [0.29, 0.717) is 16.9 Å². The molecular weight excluding hydrogens is 568 g/mol. The van der Waals surface area contributed by atoms with Crippen LogP contribution in [0.15, 0.2) is 84.9 Å². The van der Waals surface area contributed by atoms with Crippen molar-refractivity contribution >= 4 is 33.2 Å². The number of hydrogen-bond donors (Lipinski definition) is 1. The monoisotopic (exact) mass is 602 g/mol. The quantitative estimate of drug-likeness (QED) is 0.178. The van der Waals surface area contributed by atoms with E-state index in [4.69, 9.17) is 4.74 Å². The van der Waals surface area contributed by atoms with Gasteiger partial charge in [-0.25, -0.2) is 0 Å². The second-order valence-electron chi connectivity index (χ2n) is 11.7. The van der Waals surface area contributed by atoms with E-state index in [-0.39, 0.29) is 30.7 Å². The standard InChI is InChI=1S/C37H34N2O4S/c1-24-20-25(8-9-27(24)23-38-16-4-5-17-38)21-33-30-15-12-28(40)22-34(30)44-35(33)26-10-13-29(14-11-26)43-19-18-39-36(41)31-6-2-3-7-32(31)37(39)42/h2-3,6-15,20,22,40H,4-5,16-19,21,23H2,1H3. The van der Waals surface area contributed by atoms with Crippen molar-refractivity contribution in [3.8, 4) is 21.9 Å². The summed E-state index contributed by atoms with van der Waals surface area (Å²) in [5.41, 5.74) is 7.22. The van der Waals surface area contributed by atoms with Crippen LogP contribution in [0.25, 0.3) is 20.5 Å². The molecule has 222 valence electrons. The summed E-state index contributed by atoms with van der Waals surface area (Å²) in [4.78, 5) is 30.2. The van der Waals surface area contributed by atoms with Gasteiger partial charge in [-0.2, -0.15) is 0 Å². The number of ether oxygens (including phenoxy) is 1. The highest BCUT2D eigenvalue weighted by Crippen LogP contribution is 2.41. The van der Waals surface area contributed by atoms with Crippen LogP contribution in [0.4, 0.5) is 0 Å². The lowest BCUT2D eigenvalue weighted by molar-refractivity contribution is 0.0631. The molecule has 6 nitrogen and oxygen atoms in total. The third kappa shape index (κ3) is 5.49. The van der Waals surface area contributed by atoms with Gasteiger partial charge in [0.25, 0.3) is 11.8 Å². The molecule has 2 aliphatic rings. The first-order valence-electron chi connectivity index (χ1n) is 15.2. The second kappa shape index (κ2) is 11.9. The molecule has 0 atom stereocenters. The summed E-state index contributed by atoms with van der Waals surface area (Å²) in [5, 5.41) is 11.4. The summed E-state index contributed by atoms with van der Waals surface area (Å²) >= 11 is 1.68.